The highest BCUT2D eigenvalue weighted by atomic mass is 16.8. The Balaban J connectivity index is 1.43. The third-order valence-electron chi connectivity index (χ3n) is 18.3. The molecule has 564 valence electrons. The molecule has 0 aliphatic carbocycles. The van der Waals surface area contributed by atoms with Crippen LogP contribution in [0.5, 0.6) is 0 Å². The van der Waals surface area contributed by atoms with Gasteiger partial charge in [-0.25, -0.2) is 0 Å². The van der Waals surface area contributed by atoms with Gasteiger partial charge in [-0.05, 0) is 96.3 Å². The molecule has 3 rings (SSSR count). The molecule has 1 amide bonds. The van der Waals surface area contributed by atoms with Crippen LogP contribution in [0.15, 0.2) is 109 Å². The van der Waals surface area contributed by atoms with Crippen LogP contribution in [0, 0.1) is 0 Å². The predicted octanol–water partition coefficient (Wildman–Crippen LogP) is 11.8. The molecule has 19 nitrogen and oxygen atoms in total. The van der Waals surface area contributed by atoms with E-state index in [9.17, 15) is 61.0 Å². The largest absolute Gasteiger partial charge is 0.394 e. The molecule has 3 aliphatic rings. The normalized spacial score (nSPS) is 27.4. The van der Waals surface area contributed by atoms with Gasteiger partial charge in [0.05, 0.1) is 38.6 Å². The van der Waals surface area contributed by atoms with E-state index in [0.29, 0.717) is 12.8 Å². The summed E-state index contributed by atoms with van der Waals surface area (Å²) in [4.78, 5) is 13.4. The van der Waals surface area contributed by atoms with Crippen LogP contribution >= 0.6 is 0 Å². The van der Waals surface area contributed by atoms with Gasteiger partial charge in [0.15, 0.2) is 18.9 Å². The molecule has 12 N–H and O–H groups in total. The van der Waals surface area contributed by atoms with Crippen LogP contribution in [-0.4, -0.2) is 193 Å². The molecule has 3 saturated heterocycles. The van der Waals surface area contributed by atoms with Gasteiger partial charge in [0, 0.05) is 6.42 Å². The fourth-order valence-corrected chi connectivity index (χ4v) is 12.2. The van der Waals surface area contributed by atoms with Gasteiger partial charge >= 0.3 is 0 Å². The summed E-state index contributed by atoms with van der Waals surface area (Å²) in [6, 6.07) is -1.01. The summed E-state index contributed by atoms with van der Waals surface area (Å²) in [5.74, 6) is -0.307. The number of carbonyl (C=O) groups excluding carboxylic acids is 1. The first-order valence-corrected chi connectivity index (χ1v) is 38.1. The van der Waals surface area contributed by atoms with Gasteiger partial charge in [-0.3, -0.25) is 4.79 Å². The maximum Gasteiger partial charge on any atom is 0.220 e. The number of hydrogen-bond acceptors (Lipinski definition) is 18. The number of amides is 1. The van der Waals surface area contributed by atoms with E-state index in [1.54, 1.807) is 6.08 Å². The van der Waals surface area contributed by atoms with Crippen LogP contribution < -0.4 is 5.32 Å². The second-order valence-corrected chi connectivity index (χ2v) is 26.7. The van der Waals surface area contributed by atoms with E-state index in [4.69, 9.17) is 28.4 Å². The number of aliphatic hydroxyl groups excluding tert-OH is 11. The van der Waals surface area contributed by atoms with Crippen molar-refractivity contribution in [2.24, 2.45) is 0 Å². The number of hydrogen-bond donors (Lipinski definition) is 12. The fraction of sp³-hybridized carbons (Fsp3) is 0.759. The molecule has 0 aromatic carbocycles. The fourth-order valence-electron chi connectivity index (χ4n) is 12.2. The Kier molecular flexibility index (Phi) is 53.3. The lowest BCUT2D eigenvalue weighted by Gasteiger charge is -2.48. The highest BCUT2D eigenvalue weighted by Gasteiger charge is 2.53. The van der Waals surface area contributed by atoms with E-state index in [0.717, 1.165) is 103 Å². The summed E-state index contributed by atoms with van der Waals surface area (Å²) < 4.78 is 34.4. The molecule has 0 spiro atoms. The minimum atomic E-state index is -1.99. The molecule has 3 heterocycles. The van der Waals surface area contributed by atoms with Crippen molar-refractivity contribution < 1.29 is 89.4 Å². The molecule has 3 aliphatic heterocycles. The third kappa shape index (κ3) is 39.2. The third-order valence-corrected chi connectivity index (χ3v) is 18.3. The van der Waals surface area contributed by atoms with E-state index < -0.39 is 124 Å². The van der Waals surface area contributed by atoms with Gasteiger partial charge in [-0.2, -0.15) is 0 Å². The Morgan fingerprint density at radius 2 is 0.714 bits per heavy atom. The summed E-state index contributed by atoms with van der Waals surface area (Å²) in [5.41, 5.74) is 0. The maximum absolute atomic E-state index is 13.4. The molecular weight excluding hydrogens is 1250 g/mol. The minimum absolute atomic E-state index is 0.208. The Hall–Kier alpha value is -3.55. The lowest BCUT2D eigenvalue weighted by molar-refractivity contribution is -0.379. The van der Waals surface area contributed by atoms with Crippen LogP contribution in [0.3, 0.4) is 0 Å². The average molecular weight is 1390 g/mol. The van der Waals surface area contributed by atoms with Crippen LogP contribution in [0.2, 0.25) is 0 Å². The van der Waals surface area contributed by atoms with Gasteiger partial charge in [0.25, 0.3) is 0 Å². The number of allylic oxidation sites excluding steroid dienone is 17. The second kappa shape index (κ2) is 58.9. The zero-order chi connectivity index (χ0) is 71.1. The number of rotatable bonds is 58. The van der Waals surface area contributed by atoms with Crippen molar-refractivity contribution >= 4 is 5.91 Å². The second-order valence-electron chi connectivity index (χ2n) is 26.7. The zero-order valence-electron chi connectivity index (χ0n) is 60.0. The van der Waals surface area contributed by atoms with Crippen LogP contribution in [0.25, 0.3) is 0 Å². The Labute approximate surface area is 589 Å². The summed E-state index contributed by atoms with van der Waals surface area (Å²) in [7, 11) is 0. The van der Waals surface area contributed by atoms with Crippen molar-refractivity contribution in [1.82, 2.24) is 5.32 Å². The minimum Gasteiger partial charge on any atom is -0.394 e. The molecule has 17 atom stereocenters. The maximum atomic E-state index is 13.4. The van der Waals surface area contributed by atoms with Gasteiger partial charge < -0.3 is 89.9 Å². The lowest BCUT2D eigenvalue weighted by Crippen LogP contribution is -2.66. The number of ether oxygens (including phenoxy) is 6. The van der Waals surface area contributed by atoms with E-state index >= 15 is 0 Å². The van der Waals surface area contributed by atoms with Gasteiger partial charge in [-0.1, -0.05) is 258 Å². The molecule has 19 heteroatoms. The van der Waals surface area contributed by atoms with Crippen LogP contribution in [0.1, 0.15) is 251 Å². The van der Waals surface area contributed by atoms with Crippen molar-refractivity contribution in [3.05, 3.63) is 109 Å². The van der Waals surface area contributed by atoms with E-state index in [1.807, 2.05) is 6.08 Å². The van der Waals surface area contributed by atoms with E-state index in [2.05, 4.69) is 116 Å². The number of carbonyl (C=O) groups is 1. The van der Waals surface area contributed by atoms with E-state index in [1.165, 1.54) is 116 Å². The summed E-state index contributed by atoms with van der Waals surface area (Å²) in [6.45, 7) is 1.59. The highest BCUT2D eigenvalue weighted by Crippen LogP contribution is 2.33. The molecule has 17 unspecified atom stereocenters. The SMILES string of the molecule is CC/C=C\C/C=C\C/C=C\C/C=C\C/C=C\C/C=C\CCCCCCCCC(=O)NC(COC1OC(CO)C(OC2OC(CO)C(OC3OC(CO)C(O)C(O)C3O)C(O)C2O)C(O)C1O)C(O)/C=C/CC/C=C/CC/C=C/CCCCCCCCCCCCCCCCCCCC. The highest BCUT2D eigenvalue weighted by molar-refractivity contribution is 5.76. The molecule has 0 radical (unpaired) electrons. The topological polar surface area (TPSA) is 307 Å². The molecule has 0 aromatic heterocycles. The average Bonchev–Trinajstić information content (AvgIpc) is 0.784. The Bertz CT molecular complexity index is 2200. The van der Waals surface area contributed by atoms with Crippen LogP contribution in [0.4, 0.5) is 0 Å². The van der Waals surface area contributed by atoms with Crippen molar-refractivity contribution in [3.8, 4) is 0 Å². The lowest BCUT2D eigenvalue weighted by atomic mass is 9.96. The number of nitrogens with one attached hydrogen (secondary N) is 1. The predicted molar refractivity (Wildman–Crippen MR) is 387 cm³/mol. The molecular formula is C79H135NO18. The van der Waals surface area contributed by atoms with Crippen molar-refractivity contribution in [3.63, 3.8) is 0 Å². The standard InChI is InChI=1S/C79H135NO18/c1-3-5-7-9-11-13-15-17-19-21-23-25-27-29-30-31-33-34-36-38-40-42-44-46-48-50-52-54-56-63(84)62(80-67(85)57-55-53-51-49-47-45-43-41-39-37-35-32-28-26-24-22-20-18-16-14-12-10-8-6-4-2)61-93-77-73(91)70(88)75(65(59-82)95-77)98-79-74(92)71(89)76(66(60-83)96-79)97-78-72(90)69(87)68(86)64(58-81)94-78/h6,8,12,14,18,20,24,26,32,35,38-41,46,48,54,56,62-66,68-79,81-84,86-92H,3-5,7,9-11,13,15-17,19,21-23,25,27-31,33-34,36-37,42-45,47,49-53,55,57-61H2,1-2H3,(H,80,85)/b8-6-,14-12-,20-18-,26-24-,35-32-,40-38+,41-39-,48-46+,56-54+. The molecule has 3 fully saturated rings. The quantitative estimate of drug-likeness (QED) is 0.0199. The first-order chi connectivity index (χ1) is 47.8. The Morgan fingerprint density at radius 1 is 0.378 bits per heavy atom. The van der Waals surface area contributed by atoms with Crippen molar-refractivity contribution in [1.29, 1.82) is 0 Å². The molecule has 98 heavy (non-hydrogen) atoms. The van der Waals surface area contributed by atoms with Gasteiger partial charge in [-0.15, -0.1) is 0 Å². The molecule has 0 saturated carbocycles. The monoisotopic (exact) mass is 1390 g/mol. The number of aliphatic hydroxyl groups is 11. The summed E-state index contributed by atoms with van der Waals surface area (Å²) in [5, 5.41) is 121. The smallest absolute Gasteiger partial charge is 0.220 e. The zero-order valence-corrected chi connectivity index (χ0v) is 60.0. The van der Waals surface area contributed by atoms with Gasteiger partial charge in [0.2, 0.25) is 5.91 Å². The molecule has 0 aromatic rings. The van der Waals surface area contributed by atoms with Gasteiger partial charge in [0.1, 0.15) is 73.2 Å². The van der Waals surface area contributed by atoms with Crippen molar-refractivity contribution in [2.45, 2.75) is 356 Å². The molecule has 0 bridgehead atoms. The summed E-state index contributed by atoms with van der Waals surface area (Å²) >= 11 is 0. The summed E-state index contributed by atoms with van der Waals surface area (Å²) in [6.07, 6.45) is 53.5. The van der Waals surface area contributed by atoms with Crippen LogP contribution in [-0.2, 0) is 33.2 Å². The van der Waals surface area contributed by atoms with E-state index in [-0.39, 0.29) is 18.9 Å². The van der Waals surface area contributed by atoms with Crippen molar-refractivity contribution in [2.75, 3.05) is 26.4 Å². The Morgan fingerprint density at radius 3 is 1.14 bits per heavy atom. The first-order valence-electron chi connectivity index (χ1n) is 38.1. The first kappa shape index (κ1) is 88.7. The number of unbranched alkanes of at least 4 members (excludes halogenated alkanes) is 26.